The van der Waals surface area contributed by atoms with Crippen LogP contribution in [0.4, 0.5) is 0 Å². The zero-order valence-electron chi connectivity index (χ0n) is 10.8. The minimum atomic E-state index is -1.12. The SMILES string of the molecule is CCCC(Br)CCC(CC)(NC(C)=O)C(=O)O. The quantitative estimate of drug-likeness (QED) is 0.678. The molecule has 0 bridgehead atoms. The summed E-state index contributed by atoms with van der Waals surface area (Å²) in [5.41, 5.74) is -1.12. The number of hydrogen-bond donors (Lipinski definition) is 2. The number of carbonyl (C=O) groups is 2. The fraction of sp³-hybridized carbons (Fsp3) is 0.833. The highest BCUT2D eigenvalue weighted by Crippen LogP contribution is 2.23. The monoisotopic (exact) mass is 307 g/mol. The Labute approximate surface area is 111 Å². The predicted octanol–water partition coefficient (Wildman–Crippen LogP) is 2.70. The van der Waals surface area contributed by atoms with Gasteiger partial charge in [-0.25, -0.2) is 4.79 Å². The molecule has 0 saturated heterocycles. The molecular formula is C12H22BrNO3. The molecule has 5 heteroatoms. The van der Waals surface area contributed by atoms with Gasteiger partial charge in [-0.15, -0.1) is 0 Å². The molecule has 0 radical (unpaired) electrons. The predicted molar refractivity (Wildman–Crippen MR) is 71.3 cm³/mol. The van der Waals surface area contributed by atoms with Crippen molar-refractivity contribution < 1.29 is 14.7 Å². The standard InChI is InChI=1S/C12H22BrNO3/c1-4-6-10(13)7-8-12(5-2,11(16)17)14-9(3)15/h10H,4-8H2,1-3H3,(H,14,15)(H,16,17). The van der Waals surface area contributed by atoms with E-state index in [1.165, 1.54) is 6.92 Å². The highest BCUT2D eigenvalue weighted by Gasteiger charge is 2.37. The lowest BCUT2D eigenvalue weighted by molar-refractivity contribution is -0.148. The van der Waals surface area contributed by atoms with Gasteiger partial charge in [0.15, 0.2) is 0 Å². The summed E-state index contributed by atoms with van der Waals surface area (Å²) in [6.45, 7) is 5.23. The van der Waals surface area contributed by atoms with Gasteiger partial charge in [-0.2, -0.15) is 0 Å². The molecule has 1 amide bonds. The molecule has 0 rings (SSSR count). The molecule has 0 aliphatic rings. The first kappa shape index (κ1) is 16.4. The summed E-state index contributed by atoms with van der Waals surface area (Å²) < 4.78 is 0. The van der Waals surface area contributed by atoms with Crippen LogP contribution in [0.5, 0.6) is 0 Å². The average Bonchev–Trinajstić information content (AvgIpc) is 2.23. The Bertz CT molecular complexity index is 270. The number of hydrogen-bond acceptors (Lipinski definition) is 2. The van der Waals surface area contributed by atoms with Crippen LogP contribution >= 0.6 is 15.9 Å². The van der Waals surface area contributed by atoms with E-state index in [0.29, 0.717) is 17.7 Å². The van der Waals surface area contributed by atoms with E-state index in [9.17, 15) is 14.7 Å². The third-order valence-electron chi connectivity index (χ3n) is 2.91. The van der Waals surface area contributed by atoms with Crippen molar-refractivity contribution in [3.05, 3.63) is 0 Å². The van der Waals surface area contributed by atoms with Crippen LogP contribution < -0.4 is 5.32 Å². The molecule has 0 aliphatic heterocycles. The molecule has 100 valence electrons. The Kier molecular flexibility index (Phi) is 7.43. The van der Waals surface area contributed by atoms with Gasteiger partial charge in [0.1, 0.15) is 5.54 Å². The van der Waals surface area contributed by atoms with Gasteiger partial charge in [0.25, 0.3) is 0 Å². The number of carbonyl (C=O) groups excluding carboxylic acids is 1. The zero-order chi connectivity index (χ0) is 13.5. The van der Waals surface area contributed by atoms with Gasteiger partial charge in [0.05, 0.1) is 0 Å². The van der Waals surface area contributed by atoms with Gasteiger partial charge in [0, 0.05) is 11.8 Å². The van der Waals surface area contributed by atoms with Gasteiger partial charge < -0.3 is 10.4 Å². The van der Waals surface area contributed by atoms with E-state index < -0.39 is 11.5 Å². The van der Waals surface area contributed by atoms with E-state index in [0.717, 1.165) is 19.3 Å². The van der Waals surface area contributed by atoms with Gasteiger partial charge in [-0.3, -0.25) is 4.79 Å². The Morgan fingerprint density at radius 3 is 2.29 bits per heavy atom. The minimum absolute atomic E-state index is 0.295. The van der Waals surface area contributed by atoms with Crippen LogP contribution in [0, 0.1) is 0 Å². The first-order chi connectivity index (χ1) is 7.88. The number of rotatable bonds is 8. The fourth-order valence-corrected chi connectivity index (χ4v) is 2.52. The maximum Gasteiger partial charge on any atom is 0.329 e. The summed E-state index contributed by atoms with van der Waals surface area (Å²) in [4.78, 5) is 22.7. The molecule has 0 heterocycles. The average molecular weight is 308 g/mol. The van der Waals surface area contributed by atoms with Crippen LogP contribution in [0.3, 0.4) is 0 Å². The number of carboxylic acids is 1. The second-order valence-corrected chi connectivity index (χ2v) is 5.64. The molecular weight excluding hydrogens is 286 g/mol. The largest absolute Gasteiger partial charge is 0.480 e. The molecule has 2 unspecified atom stereocenters. The lowest BCUT2D eigenvalue weighted by Crippen LogP contribution is -2.53. The summed E-state index contributed by atoms with van der Waals surface area (Å²) in [6.07, 6.45) is 3.66. The summed E-state index contributed by atoms with van der Waals surface area (Å²) in [5, 5.41) is 11.9. The highest BCUT2D eigenvalue weighted by atomic mass is 79.9. The maximum atomic E-state index is 11.3. The molecule has 2 atom stereocenters. The van der Waals surface area contributed by atoms with Crippen LogP contribution in [0.1, 0.15) is 52.9 Å². The van der Waals surface area contributed by atoms with E-state index in [4.69, 9.17) is 0 Å². The van der Waals surface area contributed by atoms with Gasteiger partial charge in [0.2, 0.25) is 5.91 Å². The molecule has 0 fully saturated rings. The van der Waals surface area contributed by atoms with Crippen molar-refractivity contribution in [3.8, 4) is 0 Å². The molecule has 0 aromatic carbocycles. The summed E-state index contributed by atoms with van der Waals surface area (Å²) in [5.74, 6) is -1.25. The molecule has 0 spiro atoms. The number of amides is 1. The summed E-state index contributed by atoms with van der Waals surface area (Å²) in [7, 11) is 0. The second kappa shape index (κ2) is 7.69. The van der Waals surface area contributed by atoms with Crippen molar-refractivity contribution in [2.24, 2.45) is 0 Å². The molecule has 0 aliphatic carbocycles. The van der Waals surface area contributed by atoms with Crippen molar-refractivity contribution in [3.63, 3.8) is 0 Å². The zero-order valence-corrected chi connectivity index (χ0v) is 12.3. The van der Waals surface area contributed by atoms with Gasteiger partial charge in [-0.05, 0) is 25.7 Å². The minimum Gasteiger partial charge on any atom is -0.480 e. The number of halogens is 1. The van der Waals surface area contributed by atoms with Crippen molar-refractivity contribution in [1.29, 1.82) is 0 Å². The molecule has 4 nitrogen and oxygen atoms in total. The maximum absolute atomic E-state index is 11.3. The van der Waals surface area contributed by atoms with Crippen molar-refractivity contribution in [2.45, 2.75) is 63.2 Å². The van der Waals surface area contributed by atoms with Crippen molar-refractivity contribution in [2.75, 3.05) is 0 Å². The van der Waals surface area contributed by atoms with Gasteiger partial charge >= 0.3 is 5.97 Å². The summed E-state index contributed by atoms with van der Waals surface area (Å²) >= 11 is 3.53. The number of nitrogens with one attached hydrogen (secondary N) is 1. The molecule has 0 aromatic heterocycles. The molecule has 0 aromatic rings. The van der Waals surface area contributed by atoms with Crippen LogP contribution in [0.2, 0.25) is 0 Å². The third kappa shape index (κ3) is 5.52. The van der Waals surface area contributed by atoms with E-state index >= 15 is 0 Å². The smallest absolute Gasteiger partial charge is 0.329 e. The normalized spacial score (nSPS) is 16.0. The van der Waals surface area contributed by atoms with Crippen LogP contribution in [-0.2, 0) is 9.59 Å². The van der Waals surface area contributed by atoms with Crippen molar-refractivity contribution >= 4 is 27.8 Å². The molecule has 17 heavy (non-hydrogen) atoms. The lowest BCUT2D eigenvalue weighted by Gasteiger charge is -2.29. The number of carboxylic acid groups (broad SMARTS) is 1. The van der Waals surface area contributed by atoms with E-state index in [1.54, 1.807) is 6.92 Å². The van der Waals surface area contributed by atoms with Crippen LogP contribution in [0.25, 0.3) is 0 Å². The Hall–Kier alpha value is -0.580. The van der Waals surface area contributed by atoms with Crippen LogP contribution in [-0.4, -0.2) is 27.3 Å². The van der Waals surface area contributed by atoms with Crippen molar-refractivity contribution in [1.82, 2.24) is 5.32 Å². The Morgan fingerprint density at radius 1 is 1.35 bits per heavy atom. The van der Waals surface area contributed by atoms with Crippen LogP contribution in [0.15, 0.2) is 0 Å². The fourth-order valence-electron chi connectivity index (χ4n) is 1.84. The van der Waals surface area contributed by atoms with Gasteiger partial charge in [-0.1, -0.05) is 36.2 Å². The number of alkyl halides is 1. The highest BCUT2D eigenvalue weighted by molar-refractivity contribution is 9.09. The second-order valence-electron chi connectivity index (χ2n) is 4.35. The number of aliphatic carboxylic acids is 1. The van der Waals surface area contributed by atoms with E-state index in [1.807, 2.05) is 0 Å². The summed E-state index contributed by atoms with van der Waals surface area (Å²) in [6, 6.07) is 0. The molecule has 0 saturated carbocycles. The first-order valence-electron chi connectivity index (χ1n) is 6.04. The van der Waals surface area contributed by atoms with E-state index in [-0.39, 0.29) is 5.91 Å². The topological polar surface area (TPSA) is 66.4 Å². The Balaban J connectivity index is 4.58. The first-order valence-corrected chi connectivity index (χ1v) is 6.95. The van der Waals surface area contributed by atoms with E-state index in [2.05, 4.69) is 28.2 Å². The Morgan fingerprint density at radius 2 is 1.94 bits per heavy atom. The lowest BCUT2D eigenvalue weighted by atomic mass is 9.89. The third-order valence-corrected chi connectivity index (χ3v) is 3.83. The molecule has 2 N–H and O–H groups in total.